The molecule has 1 aromatic rings. The molecule has 1 atom stereocenters. The number of hydrogen-bond donors (Lipinski definition) is 1. The largest absolute Gasteiger partial charge is 0.354 e. The van der Waals surface area contributed by atoms with Crippen LogP contribution < -0.4 is 5.32 Å². The van der Waals surface area contributed by atoms with Crippen molar-refractivity contribution < 1.29 is 0 Å². The van der Waals surface area contributed by atoms with Crippen LogP contribution in [0.1, 0.15) is 17.8 Å². The number of nitrogens with zero attached hydrogens (tertiary/aromatic N) is 3. The maximum atomic E-state index is 8.79. The van der Waals surface area contributed by atoms with Gasteiger partial charge in [0.2, 0.25) is 5.95 Å². The molecule has 0 spiro atoms. The third-order valence-electron chi connectivity index (χ3n) is 2.54. The summed E-state index contributed by atoms with van der Waals surface area (Å²) in [5, 5.41) is 12.0. The zero-order valence-electron chi connectivity index (χ0n) is 9.23. The number of anilines is 1. The Morgan fingerprint density at radius 1 is 1.62 bits per heavy atom. The molecule has 0 bridgehead atoms. The molecule has 1 aromatic heterocycles. The van der Waals surface area contributed by atoms with E-state index in [4.69, 9.17) is 5.26 Å². The summed E-state index contributed by atoms with van der Waals surface area (Å²) in [6, 6.07) is 3.73. The van der Waals surface area contributed by atoms with Crippen LogP contribution in [0.4, 0.5) is 5.95 Å². The Labute approximate surface area is 99.5 Å². The van der Waals surface area contributed by atoms with E-state index in [1.165, 1.54) is 17.9 Å². The van der Waals surface area contributed by atoms with Gasteiger partial charge in [0.1, 0.15) is 11.8 Å². The first kappa shape index (κ1) is 11.2. The normalized spacial score (nSPS) is 19.4. The van der Waals surface area contributed by atoms with Crippen molar-refractivity contribution in [2.24, 2.45) is 5.92 Å². The van der Waals surface area contributed by atoms with Crippen molar-refractivity contribution in [3.8, 4) is 6.07 Å². The van der Waals surface area contributed by atoms with Gasteiger partial charge in [-0.3, -0.25) is 0 Å². The zero-order chi connectivity index (χ0) is 11.4. The Balaban J connectivity index is 1.98. The highest BCUT2D eigenvalue weighted by Gasteiger charge is 2.15. The van der Waals surface area contributed by atoms with E-state index >= 15 is 0 Å². The third-order valence-corrected chi connectivity index (χ3v) is 3.77. The van der Waals surface area contributed by atoms with Crippen LogP contribution in [0.25, 0.3) is 0 Å². The van der Waals surface area contributed by atoms with Gasteiger partial charge in [0.25, 0.3) is 0 Å². The Bertz CT molecular complexity index is 407. The fourth-order valence-corrected chi connectivity index (χ4v) is 2.97. The van der Waals surface area contributed by atoms with Crippen LogP contribution in [-0.4, -0.2) is 28.0 Å². The van der Waals surface area contributed by atoms with Gasteiger partial charge in [-0.15, -0.1) is 0 Å². The van der Waals surface area contributed by atoms with Crippen molar-refractivity contribution >= 4 is 17.7 Å². The Hall–Kier alpha value is -1.28. The number of nitriles is 1. The molecular weight excluding hydrogens is 220 g/mol. The summed E-state index contributed by atoms with van der Waals surface area (Å²) in [6.45, 7) is 2.78. The molecule has 1 aliphatic rings. The summed E-state index contributed by atoms with van der Waals surface area (Å²) in [7, 11) is 0. The van der Waals surface area contributed by atoms with Crippen molar-refractivity contribution in [3.05, 3.63) is 17.5 Å². The zero-order valence-corrected chi connectivity index (χ0v) is 10.0. The van der Waals surface area contributed by atoms with Gasteiger partial charge in [-0.1, -0.05) is 0 Å². The predicted octanol–water partition coefficient (Wildman–Crippen LogP) is 1.82. The number of nitrogens with one attached hydrogen (secondary N) is 1. The van der Waals surface area contributed by atoms with Gasteiger partial charge in [0.15, 0.2) is 0 Å². The summed E-state index contributed by atoms with van der Waals surface area (Å²) < 4.78 is 0. The molecule has 1 unspecified atom stereocenters. The van der Waals surface area contributed by atoms with Crippen LogP contribution in [-0.2, 0) is 0 Å². The lowest BCUT2D eigenvalue weighted by Crippen LogP contribution is -2.15. The van der Waals surface area contributed by atoms with E-state index in [9.17, 15) is 0 Å². The lowest BCUT2D eigenvalue weighted by atomic mass is 10.1. The molecule has 0 aliphatic carbocycles. The Kier molecular flexibility index (Phi) is 3.62. The summed E-state index contributed by atoms with van der Waals surface area (Å²) in [6.07, 6.45) is 1.26. The van der Waals surface area contributed by atoms with Gasteiger partial charge in [0, 0.05) is 12.2 Å². The molecule has 84 valence electrons. The monoisotopic (exact) mass is 234 g/mol. The molecule has 1 N–H and O–H groups in total. The molecule has 0 aromatic carbocycles. The minimum Gasteiger partial charge on any atom is -0.354 e. The molecule has 2 heterocycles. The van der Waals surface area contributed by atoms with E-state index in [0.717, 1.165) is 12.2 Å². The van der Waals surface area contributed by atoms with Crippen LogP contribution in [0, 0.1) is 24.2 Å². The Morgan fingerprint density at radius 2 is 2.50 bits per heavy atom. The second-order valence-electron chi connectivity index (χ2n) is 3.94. The van der Waals surface area contributed by atoms with Crippen molar-refractivity contribution in [3.63, 3.8) is 0 Å². The lowest BCUT2D eigenvalue weighted by Gasteiger charge is -2.10. The SMILES string of the molecule is Cc1cc(C#N)nc(NCC2CCSC2)n1. The van der Waals surface area contributed by atoms with Crippen molar-refractivity contribution in [1.82, 2.24) is 9.97 Å². The van der Waals surface area contributed by atoms with E-state index in [0.29, 0.717) is 17.6 Å². The van der Waals surface area contributed by atoms with Gasteiger partial charge >= 0.3 is 0 Å². The first-order valence-corrected chi connectivity index (χ1v) is 6.51. The second kappa shape index (κ2) is 5.17. The van der Waals surface area contributed by atoms with Gasteiger partial charge in [-0.05, 0) is 36.8 Å². The molecule has 0 radical (unpaired) electrons. The third kappa shape index (κ3) is 2.86. The van der Waals surface area contributed by atoms with Crippen molar-refractivity contribution in [2.75, 3.05) is 23.4 Å². The first-order valence-electron chi connectivity index (χ1n) is 5.35. The molecule has 0 saturated carbocycles. The number of rotatable bonds is 3. The van der Waals surface area contributed by atoms with Crippen LogP contribution in [0.3, 0.4) is 0 Å². The second-order valence-corrected chi connectivity index (χ2v) is 5.09. The van der Waals surface area contributed by atoms with E-state index in [1.54, 1.807) is 6.07 Å². The fourth-order valence-electron chi connectivity index (χ4n) is 1.68. The van der Waals surface area contributed by atoms with E-state index in [-0.39, 0.29) is 0 Å². The standard InChI is InChI=1S/C11H14N4S/c1-8-4-10(5-12)15-11(14-8)13-6-9-2-3-16-7-9/h4,9H,2-3,6-7H2,1H3,(H,13,14,15). The maximum Gasteiger partial charge on any atom is 0.224 e. The van der Waals surface area contributed by atoms with Gasteiger partial charge in [-0.2, -0.15) is 17.0 Å². The summed E-state index contributed by atoms with van der Waals surface area (Å²) in [5.41, 5.74) is 1.26. The van der Waals surface area contributed by atoms with Crippen LogP contribution in [0.5, 0.6) is 0 Å². The molecule has 1 saturated heterocycles. The molecule has 5 heteroatoms. The summed E-state index contributed by atoms with van der Waals surface area (Å²) >= 11 is 1.99. The van der Waals surface area contributed by atoms with Gasteiger partial charge in [-0.25, -0.2) is 9.97 Å². The smallest absolute Gasteiger partial charge is 0.224 e. The average Bonchev–Trinajstić information content (AvgIpc) is 2.78. The molecule has 1 fully saturated rings. The van der Waals surface area contributed by atoms with Crippen molar-refractivity contribution in [1.29, 1.82) is 5.26 Å². The summed E-state index contributed by atoms with van der Waals surface area (Å²) in [5.74, 6) is 3.75. The van der Waals surface area contributed by atoms with Gasteiger partial charge in [0.05, 0.1) is 0 Å². The minimum absolute atomic E-state index is 0.427. The number of aromatic nitrogens is 2. The van der Waals surface area contributed by atoms with Crippen LogP contribution in [0.15, 0.2) is 6.07 Å². The molecular formula is C11H14N4S. The number of hydrogen-bond acceptors (Lipinski definition) is 5. The molecule has 0 amide bonds. The topological polar surface area (TPSA) is 61.6 Å². The highest BCUT2D eigenvalue weighted by Crippen LogP contribution is 2.23. The molecule has 1 aliphatic heterocycles. The number of aryl methyl sites for hydroxylation is 1. The quantitative estimate of drug-likeness (QED) is 0.864. The maximum absolute atomic E-state index is 8.79. The molecule has 4 nitrogen and oxygen atoms in total. The molecule has 16 heavy (non-hydrogen) atoms. The predicted molar refractivity (Wildman–Crippen MR) is 65.4 cm³/mol. The lowest BCUT2D eigenvalue weighted by molar-refractivity contribution is 0.628. The minimum atomic E-state index is 0.427. The van der Waals surface area contributed by atoms with E-state index in [2.05, 4.69) is 15.3 Å². The Morgan fingerprint density at radius 3 is 3.19 bits per heavy atom. The van der Waals surface area contributed by atoms with E-state index in [1.807, 2.05) is 24.8 Å². The molecule has 2 rings (SSSR count). The summed E-state index contributed by atoms with van der Waals surface area (Å²) in [4.78, 5) is 8.39. The highest BCUT2D eigenvalue weighted by atomic mass is 32.2. The van der Waals surface area contributed by atoms with Crippen LogP contribution in [0.2, 0.25) is 0 Å². The van der Waals surface area contributed by atoms with Gasteiger partial charge < -0.3 is 5.32 Å². The van der Waals surface area contributed by atoms with E-state index < -0.39 is 0 Å². The highest BCUT2D eigenvalue weighted by molar-refractivity contribution is 7.99. The van der Waals surface area contributed by atoms with Crippen molar-refractivity contribution in [2.45, 2.75) is 13.3 Å². The number of thioether (sulfide) groups is 1. The first-order chi connectivity index (χ1) is 7.78. The fraction of sp³-hybridized carbons (Fsp3) is 0.545. The van der Waals surface area contributed by atoms with Crippen LogP contribution >= 0.6 is 11.8 Å². The average molecular weight is 234 g/mol.